The lowest BCUT2D eigenvalue weighted by Crippen LogP contribution is -2.00. The van der Waals surface area contributed by atoms with Gasteiger partial charge in [0.25, 0.3) is 0 Å². The van der Waals surface area contributed by atoms with Gasteiger partial charge in [-0.25, -0.2) is 0 Å². The van der Waals surface area contributed by atoms with Gasteiger partial charge < -0.3 is 9.88 Å². The summed E-state index contributed by atoms with van der Waals surface area (Å²) in [6, 6.07) is 30.8. The minimum atomic E-state index is 0.930. The SMILES string of the molecule is C=C/C(=C\C=C/C)Nc1cc2c(cc1C=C)c1c3ccccc3c3ccccc3c1n2-c1ccc(C)cc1. The smallest absolute Gasteiger partial charge is 0.0625 e. The Kier molecular flexibility index (Phi) is 5.94. The maximum atomic E-state index is 4.15. The molecule has 0 saturated heterocycles. The maximum Gasteiger partial charge on any atom is 0.0625 e. The van der Waals surface area contributed by atoms with Crippen LogP contribution in [-0.2, 0) is 0 Å². The molecular formula is C36H30N2. The summed E-state index contributed by atoms with van der Waals surface area (Å²) in [5.41, 5.74) is 7.72. The molecule has 6 rings (SSSR count). The molecule has 0 aliphatic carbocycles. The van der Waals surface area contributed by atoms with Crippen LogP contribution in [0.2, 0.25) is 0 Å². The summed E-state index contributed by atoms with van der Waals surface area (Å²) in [5, 5.41) is 11.1. The van der Waals surface area contributed by atoms with Crippen LogP contribution in [0.15, 0.2) is 128 Å². The van der Waals surface area contributed by atoms with Crippen LogP contribution in [0.1, 0.15) is 18.1 Å². The van der Waals surface area contributed by atoms with E-state index in [0.29, 0.717) is 0 Å². The van der Waals surface area contributed by atoms with Crippen LogP contribution < -0.4 is 5.32 Å². The first-order valence-electron chi connectivity index (χ1n) is 13.0. The minimum absolute atomic E-state index is 0.930. The number of nitrogens with zero attached hydrogens (tertiary/aromatic N) is 1. The minimum Gasteiger partial charge on any atom is -0.355 e. The molecular weight excluding hydrogens is 460 g/mol. The number of allylic oxidation sites excluding steroid dienone is 4. The Hall–Kier alpha value is -4.82. The van der Waals surface area contributed by atoms with Crippen molar-refractivity contribution in [2.75, 3.05) is 5.32 Å². The number of benzene rings is 5. The normalized spacial score (nSPS) is 12.2. The molecule has 0 aliphatic heterocycles. The predicted molar refractivity (Wildman–Crippen MR) is 167 cm³/mol. The van der Waals surface area contributed by atoms with Gasteiger partial charge in [-0.1, -0.05) is 97.6 Å². The molecule has 38 heavy (non-hydrogen) atoms. The first-order chi connectivity index (χ1) is 18.6. The van der Waals surface area contributed by atoms with E-state index >= 15 is 0 Å². The van der Waals surface area contributed by atoms with Crippen LogP contribution in [-0.4, -0.2) is 4.57 Å². The zero-order valence-corrected chi connectivity index (χ0v) is 21.8. The Morgan fingerprint density at radius 1 is 0.789 bits per heavy atom. The van der Waals surface area contributed by atoms with Gasteiger partial charge in [0.05, 0.1) is 11.0 Å². The summed E-state index contributed by atoms with van der Waals surface area (Å²) < 4.78 is 2.42. The highest BCUT2D eigenvalue weighted by atomic mass is 15.0. The van der Waals surface area contributed by atoms with Gasteiger partial charge in [0.1, 0.15) is 0 Å². The largest absolute Gasteiger partial charge is 0.355 e. The van der Waals surface area contributed by atoms with Gasteiger partial charge in [-0.15, -0.1) is 0 Å². The van der Waals surface area contributed by atoms with E-state index in [2.05, 4.69) is 115 Å². The van der Waals surface area contributed by atoms with E-state index < -0.39 is 0 Å². The van der Waals surface area contributed by atoms with Crippen LogP contribution in [0.4, 0.5) is 5.69 Å². The van der Waals surface area contributed by atoms with Crippen LogP contribution in [0.3, 0.4) is 0 Å². The standard InChI is InChI=1S/C36H30N2/c1-5-8-13-26(7-3)37-33-23-34-32(22-25(33)6-2)35-30-16-11-9-14-28(30)29-15-10-12-17-31(29)36(35)38(34)27-20-18-24(4)19-21-27/h5-23,37H,2-3H2,1,4H3/b8-5-,26-13+. The average Bonchev–Trinajstić information content (AvgIpc) is 3.29. The van der Waals surface area contributed by atoms with Crippen molar-refractivity contribution in [3.8, 4) is 5.69 Å². The summed E-state index contributed by atoms with van der Waals surface area (Å²) in [6.45, 7) is 12.3. The first kappa shape index (κ1) is 23.6. The summed E-state index contributed by atoms with van der Waals surface area (Å²) in [7, 11) is 0. The van der Waals surface area contributed by atoms with Crippen molar-refractivity contribution in [2.24, 2.45) is 0 Å². The Morgan fingerprint density at radius 3 is 2.11 bits per heavy atom. The van der Waals surface area contributed by atoms with Crippen molar-refractivity contribution in [3.63, 3.8) is 0 Å². The quantitative estimate of drug-likeness (QED) is 0.181. The van der Waals surface area contributed by atoms with Crippen LogP contribution in [0.25, 0.3) is 55.1 Å². The van der Waals surface area contributed by atoms with E-state index in [0.717, 1.165) is 28.2 Å². The molecule has 6 aromatic rings. The van der Waals surface area contributed by atoms with Crippen LogP contribution in [0.5, 0.6) is 0 Å². The van der Waals surface area contributed by atoms with Gasteiger partial charge in [-0.05, 0) is 72.0 Å². The molecule has 2 nitrogen and oxygen atoms in total. The lowest BCUT2D eigenvalue weighted by molar-refractivity contribution is 1.18. The number of aromatic nitrogens is 1. The molecule has 1 heterocycles. The number of hydrogen-bond acceptors (Lipinski definition) is 1. The zero-order chi connectivity index (χ0) is 26.2. The monoisotopic (exact) mass is 490 g/mol. The van der Waals surface area contributed by atoms with E-state index in [1.165, 1.54) is 43.4 Å². The van der Waals surface area contributed by atoms with Crippen molar-refractivity contribution in [1.29, 1.82) is 0 Å². The second-order valence-electron chi connectivity index (χ2n) is 9.62. The van der Waals surface area contributed by atoms with Gasteiger partial charge >= 0.3 is 0 Å². The third-order valence-electron chi connectivity index (χ3n) is 7.29. The van der Waals surface area contributed by atoms with Gasteiger partial charge in [-0.2, -0.15) is 0 Å². The highest BCUT2D eigenvalue weighted by Gasteiger charge is 2.20. The summed E-state index contributed by atoms with van der Waals surface area (Å²) in [6.07, 6.45) is 9.82. The molecule has 0 atom stereocenters. The Bertz CT molecular complexity index is 1930. The van der Waals surface area contributed by atoms with E-state index in [1.807, 2.05) is 37.3 Å². The van der Waals surface area contributed by atoms with E-state index in [9.17, 15) is 0 Å². The Labute approximate surface area is 223 Å². The summed E-state index contributed by atoms with van der Waals surface area (Å²) in [5.74, 6) is 0. The summed E-state index contributed by atoms with van der Waals surface area (Å²) >= 11 is 0. The first-order valence-corrected chi connectivity index (χ1v) is 13.0. The number of nitrogens with one attached hydrogen (secondary N) is 1. The van der Waals surface area contributed by atoms with Crippen molar-refractivity contribution >= 4 is 55.1 Å². The molecule has 0 radical (unpaired) electrons. The molecule has 0 saturated carbocycles. The number of fused-ring (bicyclic) bond motifs is 8. The molecule has 0 amide bonds. The molecule has 0 aliphatic rings. The molecule has 2 heteroatoms. The highest BCUT2D eigenvalue weighted by molar-refractivity contribution is 6.32. The molecule has 5 aromatic carbocycles. The Balaban J connectivity index is 1.82. The second-order valence-corrected chi connectivity index (χ2v) is 9.62. The van der Waals surface area contributed by atoms with E-state index in [-0.39, 0.29) is 0 Å². The lowest BCUT2D eigenvalue weighted by Gasteiger charge is -2.14. The third-order valence-corrected chi connectivity index (χ3v) is 7.29. The van der Waals surface area contributed by atoms with Gasteiger partial charge in [0, 0.05) is 33.2 Å². The van der Waals surface area contributed by atoms with Gasteiger partial charge in [-0.3, -0.25) is 0 Å². The molecule has 1 N–H and O–H groups in total. The van der Waals surface area contributed by atoms with Crippen LogP contribution in [0, 0.1) is 6.92 Å². The predicted octanol–water partition coefficient (Wildman–Crippen LogP) is 10.1. The van der Waals surface area contributed by atoms with Gasteiger partial charge in [0.2, 0.25) is 0 Å². The fourth-order valence-electron chi connectivity index (χ4n) is 5.49. The van der Waals surface area contributed by atoms with E-state index in [4.69, 9.17) is 0 Å². The molecule has 1 aromatic heterocycles. The van der Waals surface area contributed by atoms with Crippen molar-refractivity contribution in [2.45, 2.75) is 13.8 Å². The van der Waals surface area contributed by atoms with Crippen molar-refractivity contribution in [1.82, 2.24) is 4.57 Å². The number of anilines is 1. The second kappa shape index (κ2) is 9.57. The number of aryl methyl sites for hydroxylation is 1. The lowest BCUT2D eigenvalue weighted by atomic mass is 9.96. The van der Waals surface area contributed by atoms with Crippen LogP contribution >= 0.6 is 0 Å². The average molecular weight is 491 g/mol. The topological polar surface area (TPSA) is 17.0 Å². The van der Waals surface area contributed by atoms with Gasteiger partial charge in [0.15, 0.2) is 0 Å². The third kappa shape index (κ3) is 3.74. The number of rotatable bonds is 6. The fraction of sp³-hybridized carbons (Fsp3) is 0.0556. The van der Waals surface area contributed by atoms with Crippen molar-refractivity contribution < 1.29 is 0 Å². The fourth-order valence-corrected chi connectivity index (χ4v) is 5.49. The molecule has 184 valence electrons. The maximum absolute atomic E-state index is 4.15. The van der Waals surface area contributed by atoms with E-state index in [1.54, 1.807) is 0 Å². The Morgan fingerprint density at radius 2 is 1.45 bits per heavy atom. The summed E-state index contributed by atoms with van der Waals surface area (Å²) in [4.78, 5) is 0. The molecule has 0 spiro atoms. The zero-order valence-electron chi connectivity index (χ0n) is 21.8. The molecule has 0 unspecified atom stereocenters. The molecule has 0 bridgehead atoms. The molecule has 0 fully saturated rings. The van der Waals surface area contributed by atoms with Crippen molar-refractivity contribution in [3.05, 3.63) is 139 Å². The number of hydrogen-bond donors (Lipinski definition) is 1. The highest BCUT2D eigenvalue weighted by Crippen LogP contribution is 2.43.